The van der Waals surface area contributed by atoms with Crippen LogP contribution in [0.25, 0.3) is 0 Å². The van der Waals surface area contributed by atoms with Gasteiger partial charge in [-0.15, -0.1) is 0 Å². The third-order valence-electron chi connectivity index (χ3n) is 2.11. The number of hydrogen-bond acceptors (Lipinski definition) is 4. The van der Waals surface area contributed by atoms with Gasteiger partial charge in [0.25, 0.3) is 0 Å². The first-order valence-electron chi connectivity index (χ1n) is 4.76. The minimum Gasteiger partial charge on any atom is -0.387 e. The van der Waals surface area contributed by atoms with Crippen LogP contribution in [0.15, 0.2) is 12.2 Å². The smallest absolute Gasteiger partial charge is 0.187 e. The van der Waals surface area contributed by atoms with Gasteiger partial charge in [-0.05, 0) is 26.3 Å². The van der Waals surface area contributed by atoms with Crippen LogP contribution in [-0.4, -0.2) is 40.9 Å². The van der Waals surface area contributed by atoms with E-state index < -0.39 is 24.6 Å². The number of hydrogen-bond donors (Lipinski definition) is 2. The molecule has 82 valence electrons. The maximum Gasteiger partial charge on any atom is 0.187 e. The van der Waals surface area contributed by atoms with Crippen molar-refractivity contribution in [2.45, 2.75) is 51.5 Å². The van der Waals surface area contributed by atoms with E-state index in [1.54, 1.807) is 6.92 Å². The van der Waals surface area contributed by atoms with Crippen molar-refractivity contribution in [2.24, 2.45) is 0 Å². The zero-order chi connectivity index (χ0) is 10.9. The summed E-state index contributed by atoms with van der Waals surface area (Å²) in [7, 11) is 0. The van der Waals surface area contributed by atoms with E-state index in [9.17, 15) is 10.2 Å². The first-order chi connectivity index (χ1) is 6.43. The third-order valence-corrected chi connectivity index (χ3v) is 2.11. The van der Waals surface area contributed by atoms with E-state index in [4.69, 9.17) is 9.47 Å². The van der Waals surface area contributed by atoms with E-state index in [2.05, 4.69) is 6.58 Å². The second-order valence-corrected chi connectivity index (χ2v) is 3.94. The van der Waals surface area contributed by atoms with Crippen molar-refractivity contribution in [3.05, 3.63) is 12.2 Å². The van der Waals surface area contributed by atoms with Crippen molar-refractivity contribution in [3.8, 4) is 0 Å². The number of ether oxygens (including phenoxy) is 2. The largest absolute Gasteiger partial charge is 0.387 e. The Morgan fingerprint density at radius 3 is 2.29 bits per heavy atom. The minimum atomic E-state index is -1.00. The lowest BCUT2D eigenvalue weighted by atomic mass is 10.1. The first-order valence-corrected chi connectivity index (χ1v) is 4.76. The molecule has 2 N–H and O–H groups in total. The number of aliphatic hydroxyl groups is 2. The first kappa shape index (κ1) is 11.7. The van der Waals surface area contributed by atoms with Gasteiger partial charge in [-0.25, -0.2) is 0 Å². The van der Waals surface area contributed by atoms with Crippen LogP contribution < -0.4 is 0 Å². The summed E-state index contributed by atoms with van der Waals surface area (Å²) in [5, 5.41) is 19.2. The Morgan fingerprint density at radius 2 is 1.93 bits per heavy atom. The second-order valence-electron chi connectivity index (χ2n) is 3.94. The van der Waals surface area contributed by atoms with Gasteiger partial charge < -0.3 is 19.7 Å². The molecule has 0 aromatic carbocycles. The number of rotatable bonds is 3. The van der Waals surface area contributed by atoms with Crippen LogP contribution in [0.5, 0.6) is 0 Å². The van der Waals surface area contributed by atoms with Crippen molar-refractivity contribution >= 4 is 0 Å². The molecule has 0 aromatic rings. The molecule has 4 atom stereocenters. The molecule has 0 radical (unpaired) electrons. The molecular weight excluding hydrogens is 184 g/mol. The quantitative estimate of drug-likeness (QED) is 0.652. The molecule has 0 spiro atoms. The zero-order valence-electron chi connectivity index (χ0n) is 8.80. The standard InChI is InChI=1S/C10H18O4/c1-5(2)9-7(11)8(12)10(14-9)13-6(3)4/h6-12H,1H2,2-4H3. The van der Waals surface area contributed by atoms with Crippen LogP contribution in [0.2, 0.25) is 0 Å². The molecule has 1 aliphatic rings. The summed E-state index contributed by atoms with van der Waals surface area (Å²) in [5.74, 6) is 0. The monoisotopic (exact) mass is 202 g/mol. The molecule has 1 aliphatic heterocycles. The molecule has 0 saturated carbocycles. The highest BCUT2D eigenvalue weighted by Gasteiger charge is 2.43. The minimum absolute atomic E-state index is 0.0503. The molecule has 0 amide bonds. The normalized spacial score (nSPS) is 37.9. The van der Waals surface area contributed by atoms with E-state index >= 15 is 0 Å². The average Bonchev–Trinajstić information content (AvgIpc) is 2.32. The van der Waals surface area contributed by atoms with Crippen molar-refractivity contribution in [3.63, 3.8) is 0 Å². The summed E-state index contributed by atoms with van der Waals surface area (Å²) in [6.45, 7) is 9.12. The predicted molar refractivity (Wildman–Crippen MR) is 51.7 cm³/mol. The van der Waals surface area contributed by atoms with Crippen LogP contribution in [-0.2, 0) is 9.47 Å². The Kier molecular flexibility index (Phi) is 3.66. The van der Waals surface area contributed by atoms with Gasteiger partial charge in [-0.2, -0.15) is 0 Å². The maximum absolute atomic E-state index is 9.60. The van der Waals surface area contributed by atoms with Gasteiger partial charge in [0.2, 0.25) is 0 Å². The van der Waals surface area contributed by atoms with Gasteiger partial charge in [0.05, 0.1) is 6.10 Å². The van der Waals surface area contributed by atoms with Crippen molar-refractivity contribution in [1.29, 1.82) is 0 Å². The SMILES string of the molecule is C=C(C)C1OC(OC(C)C)C(O)C1O. The lowest BCUT2D eigenvalue weighted by Crippen LogP contribution is -2.34. The summed E-state index contributed by atoms with van der Waals surface area (Å²) in [6.07, 6.45) is -3.29. The molecule has 1 fully saturated rings. The highest BCUT2D eigenvalue weighted by molar-refractivity contribution is 5.07. The fraction of sp³-hybridized carbons (Fsp3) is 0.800. The lowest BCUT2D eigenvalue weighted by molar-refractivity contribution is -0.179. The topological polar surface area (TPSA) is 58.9 Å². The van der Waals surface area contributed by atoms with Crippen LogP contribution in [0, 0.1) is 0 Å². The van der Waals surface area contributed by atoms with Crippen molar-refractivity contribution < 1.29 is 19.7 Å². The molecule has 4 nitrogen and oxygen atoms in total. The summed E-state index contributed by atoms with van der Waals surface area (Å²) in [4.78, 5) is 0. The molecule has 1 heterocycles. The van der Waals surface area contributed by atoms with Crippen LogP contribution in [0.4, 0.5) is 0 Å². The van der Waals surface area contributed by atoms with Crippen molar-refractivity contribution in [1.82, 2.24) is 0 Å². The fourth-order valence-electron chi connectivity index (χ4n) is 1.43. The van der Waals surface area contributed by atoms with Crippen LogP contribution in [0.1, 0.15) is 20.8 Å². The third kappa shape index (κ3) is 2.33. The van der Waals surface area contributed by atoms with Crippen molar-refractivity contribution in [2.75, 3.05) is 0 Å². The van der Waals surface area contributed by atoms with E-state index in [1.165, 1.54) is 0 Å². The molecule has 1 rings (SSSR count). The molecule has 14 heavy (non-hydrogen) atoms. The second kappa shape index (κ2) is 4.40. The summed E-state index contributed by atoms with van der Waals surface area (Å²) < 4.78 is 10.6. The van der Waals surface area contributed by atoms with Crippen LogP contribution in [0.3, 0.4) is 0 Å². The van der Waals surface area contributed by atoms with E-state index in [0.29, 0.717) is 5.57 Å². The lowest BCUT2D eigenvalue weighted by Gasteiger charge is -2.17. The van der Waals surface area contributed by atoms with E-state index in [1.807, 2.05) is 13.8 Å². The predicted octanol–water partition coefficient (Wildman–Crippen LogP) is 0.434. The highest BCUT2D eigenvalue weighted by Crippen LogP contribution is 2.26. The van der Waals surface area contributed by atoms with Gasteiger partial charge in [0.1, 0.15) is 18.3 Å². The summed E-state index contributed by atoms with van der Waals surface area (Å²) in [6, 6.07) is 0. The summed E-state index contributed by atoms with van der Waals surface area (Å²) in [5.41, 5.74) is 0.686. The molecular formula is C10H18O4. The fourth-order valence-corrected chi connectivity index (χ4v) is 1.43. The Bertz CT molecular complexity index is 214. The molecule has 4 unspecified atom stereocenters. The van der Waals surface area contributed by atoms with Gasteiger partial charge in [-0.3, -0.25) is 0 Å². The Morgan fingerprint density at radius 1 is 1.36 bits per heavy atom. The van der Waals surface area contributed by atoms with E-state index in [-0.39, 0.29) is 6.10 Å². The zero-order valence-corrected chi connectivity index (χ0v) is 8.80. The van der Waals surface area contributed by atoms with Gasteiger partial charge in [-0.1, -0.05) is 6.58 Å². The molecule has 0 bridgehead atoms. The Hall–Kier alpha value is -0.420. The Labute approximate surface area is 84.1 Å². The summed E-state index contributed by atoms with van der Waals surface area (Å²) >= 11 is 0. The van der Waals surface area contributed by atoms with Gasteiger partial charge in [0, 0.05) is 0 Å². The highest BCUT2D eigenvalue weighted by atomic mass is 16.7. The molecule has 0 aliphatic carbocycles. The Balaban J connectivity index is 2.62. The van der Waals surface area contributed by atoms with Crippen LogP contribution >= 0.6 is 0 Å². The van der Waals surface area contributed by atoms with Gasteiger partial charge >= 0.3 is 0 Å². The van der Waals surface area contributed by atoms with Gasteiger partial charge in [0.15, 0.2) is 6.29 Å². The molecule has 4 heteroatoms. The number of aliphatic hydroxyl groups excluding tert-OH is 2. The van der Waals surface area contributed by atoms with E-state index in [0.717, 1.165) is 0 Å². The molecule has 1 saturated heterocycles. The maximum atomic E-state index is 9.60. The molecule has 0 aromatic heterocycles. The average molecular weight is 202 g/mol.